The fourth-order valence-electron chi connectivity index (χ4n) is 1.77. The van der Waals surface area contributed by atoms with Gasteiger partial charge in [-0.2, -0.15) is 0 Å². The maximum absolute atomic E-state index is 11.0. The molecule has 1 unspecified atom stereocenters. The maximum atomic E-state index is 11.0. The Kier molecular flexibility index (Phi) is 4.13. The first kappa shape index (κ1) is 14.9. The van der Waals surface area contributed by atoms with Crippen LogP contribution in [0.4, 0.5) is 17.1 Å². The van der Waals surface area contributed by atoms with E-state index in [1.165, 1.54) is 23.5 Å². The zero-order valence-corrected chi connectivity index (χ0v) is 12.1. The SMILES string of the molecule is Cc1cnc(C(C)Nc2ccc([N+](=O)[O-])cc2[N+](=O)[O-])s1. The third-order valence-corrected chi connectivity index (χ3v) is 3.87. The van der Waals surface area contributed by atoms with Gasteiger partial charge < -0.3 is 5.32 Å². The van der Waals surface area contributed by atoms with Crippen LogP contribution in [0.1, 0.15) is 22.9 Å². The van der Waals surface area contributed by atoms with Crippen molar-refractivity contribution in [3.63, 3.8) is 0 Å². The minimum absolute atomic E-state index is 0.228. The second-order valence-electron chi connectivity index (χ2n) is 4.39. The summed E-state index contributed by atoms with van der Waals surface area (Å²) in [7, 11) is 0. The fraction of sp³-hybridized carbons (Fsp3) is 0.250. The average molecular weight is 308 g/mol. The standard InChI is InChI=1S/C12H12N4O4S/c1-7-6-13-12(21-7)8(2)14-10-4-3-9(15(17)18)5-11(10)16(19)20/h3-6,8,14H,1-2H3. The van der Waals surface area contributed by atoms with E-state index in [-0.39, 0.29) is 23.1 Å². The molecule has 0 fully saturated rings. The van der Waals surface area contributed by atoms with E-state index in [2.05, 4.69) is 10.3 Å². The first-order valence-electron chi connectivity index (χ1n) is 6.00. The molecule has 0 spiro atoms. The Morgan fingerprint density at radius 2 is 2.00 bits per heavy atom. The van der Waals surface area contributed by atoms with Crippen LogP contribution in [0.25, 0.3) is 0 Å². The van der Waals surface area contributed by atoms with Crippen molar-refractivity contribution in [3.8, 4) is 0 Å². The predicted octanol–water partition coefficient (Wildman–Crippen LogP) is 3.44. The lowest BCUT2D eigenvalue weighted by atomic mass is 10.2. The van der Waals surface area contributed by atoms with E-state index in [0.29, 0.717) is 0 Å². The van der Waals surface area contributed by atoms with E-state index in [1.54, 1.807) is 6.20 Å². The van der Waals surface area contributed by atoms with Gasteiger partial charge in [-0.1, -0.05) is 0 Å². The van der Waals surface area contributed by atoms with Gasteiger partial charge in [-0.3, -0.25) is 20.2 Å². The van der Waals surface area contributed by atoms with Crippen LogP contribution < -0.4 is 5.32 Å². The molecular weight excluding hydrogens is 296 g/mol. The van der Waals surface area contributed by atoms with Crippen molar-refractivity contribution in [2.75, 3.05) is 5.32 Å². The Bertz CT molecular complexity index is 700. The molecule has 1 N–H and O–H groups in total. The van der Waals surface area contributed by atoms with E-state index in [9.17, 15) is 20.2 Å². The van der Waals surface area contributed by atoms with E-state index in [1.807, 2.05) is 13.8 Å². The van der Waals surface area contributed by atoms with Gasteiger partial charge in [0.05, 0.1) is 22.0 Å². The number of benzene rings is 1. The molecule has 110 valence electrons. The summed E-state index contributed by atoms with van der Waals surface area (Å²) in [5.41, 5.74) is -0.416. The van der Waals surface area contributed by atoms with Crippen LogP contribution in [0.3, 0.4) is 0 Å². The minimum atomic E-state index is -0.662. The summed E-state index contributed by atoms with van der Waals surface area (Å²) in [5, 5.41) is 25.5. The molecule has 0 amide bonds. The maximum Gasteiger partial charge on any atom is 0.299 e. The highest BCUT2D eigenvalue weighted by molar-refractivity contribution is 7.11. The lowest BCUT2D eigenvalue weighted by molar-refractivity contribution is -0.393. The molecule has 1 aromatic heterocycles. The van der Waals surface area contributed by atoms with Crippen molar-refractivity contribution in [1.29, 1.82) is 0 Å². The molecule has 1 atom stereocenters. The quantitative estimate of drug-likeness (QED) is 0.669. The van der Waals surface area contributed by atoms with Crippen molar-refractivity contribution in [2.24, 2.45) is 0 Å². The third kappa shape index (κ3) is 3.31. The van der Waals surface area contributed by atoms with E-state index < -0.39 is 9.85 Å². The topological polar surface area (TPSA) is 111 Å². The van der Waals surface area contributed by atoms with Crippen molar-refractivity contribution >= 4 is 28.4 Å². The second kappa shape index (κ2) is 5.83. The number of aryl methyl sites for hydroxylation is 1. The molecule has 0 radical (unpaired) electrons. The smallest absolute Gasteiger partial charge is 0.299 e. The Labute approximate surface area is 123 Å². The first-order valence-corrected chi connectivity index (χ1v) is 6.82. The summed E-state index contributed by atoms with van der Waals surface area (Å²) in [5.74, 6) is 0. The number of nitrogens with zero attached hydrogens (tertiary/aromatic N) is 3. The van der Waals surface area contributed by atoms with Crippen molar-refractivity contribution < 1.29 is 9.85 Å². The van der Waals surface area contributed by atoms with Crippen LogP contribution in [-0.4, -0.2) is 14.8 Å². The lowest BCUT2D eigenvalue weighted by Crippen LogP contribution is -2.08. The van der Waals surface area contributed by atoms with Gasteiger partial charge in [0.1, 0.15) is 10.7 Å². The second-order valence-corrected chi connectivity index (χ2v) is 5.66. The normalized spacial score (nSPS) is 11.9. The summed E-state index contributed by atoms with van der Waals surface area (Å²) in [6.07, 6.45) is 1.72. The Morgan fingerprint density at radius 1 is 1.29 bits per heavy atom. The van der Waals surface area contributed by atoms with Crippen LogP contribution in [0.2, 0.25) is 0 Å². The summed E-state index contributed by atoms with van der Waals surface area (Å²) in [6, 6.07) is 3.29. The van der Waals surface area contributed by atoms with E-state index >= 15 is 0 Å². The molecule has 8 nitrogen and oxygen atoms in total. The first-order chi connectivity index (χ1) is 9.88. The molecular formula is C12H12N4O4S. The molecule has 21 heavy (non-hydrogen) atoms. The van der Waals surface area contributed by atoms with Crippen LogP contribution in [-0.2, 0) is 0 Å². The predicted molar refractivity (Wildman–Crippen MR) is 78.6 cm³/mol. The number of rotatable bonds is 5. The molecule has 0 bridgehead atoms. The van der Waals surface area contributed by atoms with Gasteiger partial charge in [0, 0.05) is 17.1 Å². The Morgan fingerprint density at radius 3 is 2.52 bits per heavy atom. The van der Waals surface area contributed by atoms with Gasteiger partial charge >= 0.3 is 0 Å². The van der Waals surface area contributed by atoms with Crippen molar-refractivity contribution in [2.45, 2.75) is 19.9 Å². The zero-order chi connectivity index (χ0) is 15.6. The molecule has 9 heteroatoms. The molecule has 1 aromatic carbocycles. The number of anilines is 1. The summed E-state index contributed by atoms with van der Waals surface area (Å²) >= 11 is 1.49. The van der Waals surface area contributed by atoms with Gasteiger partial charge in [0.2, 0.25) is 0 Å². The van der Waals surface area contributed by atoms with E-state index in [4.69, 9.17) is 0 Å². The van der Waals surface area contributed by atoms with Gasteiger partial charge in [-0.25, -0.2) is 4.98 Å². The number of nitro groups is 2. The van der Waals surface area contributed by atoms with Crippen LogP contribution in [0.5, 0.6) is 0 Å². The number of nitro benzene ring substituents is 2. The fourth-order valence-corrected chi connectivity index (χ4v) is 2.55. The van der Waals surface area contributed by atoms with Crippen molar-refractivity contribution in [3.05, 3.63) is 54.5 Å². The highest BCUT2D eigenvalue weighted by Gasteiger charge is 2.21. The van der Waals surface area contributed by atoms with Gasteiger partial charge in [0.15, 0.2) is 0 Å². The molecule has 2 aromatic rings. The monoisotopic (exact) mass is 308 g/mol. The molecule has 0 saturated carbocycles. The summed E-state index contributed by atoms with van der Waals surface area (Å²) in [4.78, 5) is 25.7. The number of hydrogen-bond acceptors (Lipinski definition) is 7. The lowest BCUT2D eigenvalue weighted by Gasteiger charge is -2.12. The summed E-state index contributed by atoms with van der Waals surface area (Å²) in [6.45, 7) is 3.74. The average Bonchev–Trinajstić information content (AvgIpc) is 2.85. The Hall–Kier alpha value is -2.55. The molecule has 0 saturated heterocycles. The number of non-ortho nitro benzene ring substituents is 1. The Balaban J connectivity index is 2.31. The van der Waals surface area contributed by atoms with Gasteiger partial charge in [-0.15, -0.1) is 11.3 Å². The molecule has 0 aliphatic carbocycles. The van der Waals surface area contributed by atoms with Crippen molar-refractivity contribution in [1.82, 2.24) is 4.98 Å². The number of hydrogen-bond donors (Lipinski definition) is 1. The number of thiazole rings is 1. The number of aromatic nitrogens is 1. The molecule has 0 aliphatic heterocycles. The largest absolute Gasteiger partial charge is 0.371 e. The highest BCUT2D eigenvalue weighted by atomic mass is 32.1. The molecule has 1 heterocycles. The van der Waals surface area contributed by atoms with Gasteiger partial charge in [0.25, 0.3) is 11.4 Å². The van der Waals surface area contributed by atoms with Crippen LogP contribution in [0, 0.1) is 27.2 Å². The highest BCUT2D eigenvalue weighted by Crippen LogP contribution is 2.32. The van der Waals surface area contributed by atoms with Crippen LogP contribution in [0.15, 0.2) is 24.4 Å². The summed E-state index contributed by atoms with van der Waals surface area (Å²) < 4.78 is 0. The zero-order valence-electron chi connectivity index (χ0n) is 11.3. The van der Waals surface area contributed by atoms with E-state index in [0.717, 1.165) is 16.0 Å². The van der Waals surface area contributed by atoms with Gasteiger partial charge in [-0.05, 0) is 19.9 Å². The molecule has 0 aliphatic rings. The minimum Gasteiger partial charge on any atom is -0.371 e. The molecule has 2 rings (SSSR count). The third-order valence-electron chi connectivity index (χ3n) is 2.77. The van der Waals surface area contributed by atoms with Crippen LogP contribution >= 0.6 is 11.3 Å². The number of nitrogens with one attached hydrogen (secondary N) is 1.